The second-order valence-electron chi connectivity index (χ2n) is 4.29. The lowest BCUT2D eigenvalue weighted by Gasteiger charge is -2.14. The number of aryl methyl sites for hydroxylation is 2. The summed E-state index contributed by atoms with van der Waals surface area (Å²) in [5.41, 5.74) is 1.35. The molecule has 1 atom stereocenters. The first-order valence-electron chi connectivity index (χ1n) is 5.98. The van der Waals surface area contributed by atoms with Gasteiger partial charge in [-0.15, -0.1) is 0 Å². The van der Waals surface area contributed by atoms with E-state index in [1.807, 2.05) is 0 Å². The van der Waals surface area contributed by atoms with Crippen molar-refractivity contribution in [2.24, 2.45) is 0 Å². The molecule has 0 aromatic carbocycles. The fourth-order valence-corrected chi connectivity index (χ4v) is 1.74. The molecule has 0 saturated carbocycles. The number of hydrogen-bond acceptors (Lipinski definition) is 5. The predicted octanol–water partition coefficient (Wildman–Crippen LogP) is 0.163. The lowest BCUT2D eigenvalue weighted by atomic mass is 10.1. The van der Waals surface area contributed by atoms with E-state index in [2.05, 4.69) is 20.3 Å². The van der Waals surface area contributed by atoms with Crippen molar-refractivity contribution in [3.05, 3.63) is 17.0 Å². The number of carboxylic acid groups (broad SMARTS) is 1. The van der Waals surface area contributed by atoms with Gasteiger partial charge in [0.2, 0.25) is 0 Å². The van der Waals surface area contributed by atoms with E-state index < -0.39 is 23.9 Å². The first kappa shape index (κ1) is 15.7. The van der Waals surface area contributed by atoms with Crippen LogP contribution in [0.2, 0.25) is 0 Å². The maximum Gasteiger partial charge on any atom is 0.326 e. The third-order valence-corrected chi connectivity index (χ3v) is 2.82. The molecular weight excluding hydrogens is 266 g/mol. The molecule has 0 aliphatic heterocycles. The summed E-state index contributed by atoms with van der Waals surface area (Å²) in [6.45, 7) is 3.31. The zero-order valence-electron chi connectivity index (χ0n) is 11.5. The summed E-state index contributed by atoms with van der Waals surface area (Å²) in [4.78, 5) is 34.1. The van der Waals surface area contributed by atoms with Crippen LogP contribution in [0.25, 0.3) is 0 Å². The van der Waals surface area contributed by atoms with Crippen molar-refractivity contribution in [1.82, 2.24) is 15.5 Å². The fraction of sp³-hybridized carbons (Fsp3) is 0.500. The zero-order chi connectivity index (χ0) is 15.3. The Labute approximate surface area is 115 Å². The van der Waals surface area contributed by atoms with Crippen molar-refractivity contribution in [3.63, 3.8) is 0 Å². The number of carbonyl (C=O) groups excluding carboxylic acids is 2. The highest BCUT2D eigenvalue weighted by molar-refractivity contribution is 5.98. The lowest BCUT2D eigenvalue weighted by Crippen LogP contribution is -2.41. The minimum Gasteiger partial charge on any atom is -0.480 e. The van der Waals surface area contributed by atoms with E-state index in [1.165, 1.54) is 7.11 Å². The molecule has 0 unspecified atom stereocenters. The number of hydrogen-bond donors (Lipinski definition) is 3. The number of rotatable bonds is 6. The number of aromatic amines is 1. The SMILES string of the molecule is COC(=O)CC[C@@H](NC(=O)c1c(C)n[nH]c1C)C(=O)O. The summed E-state index contributed by atoms with van der Waals surface area (Å²) in [7, 11) is 1.22. The Kier molecular flexibility index (Phi) is 5.24. The summed E-state index contributed by atoms with van der Waals surface area (Å²) in [5, 5.41) is 17.9. The summed E-state index contributed by atoms with van der Waals surface area (Å²) >= 11 is 0. The number of nitrogens with one attached hydrogen (secondary N) is 2. The molecule has 0 bridgehead atoms. The van der Waals surface area contributed by atoms with Gasteiger partial charge in [-0.2, -0.15) is 5.10 Å². The van der Waals surface area contributed by atoms with Crippen molar-refractivity contribution in [3.8, 4) is 0 Å². The van der Waals surface area contributed by atoms with E-state index in [0.717, 1.165) is 0 Å². The van der Waals surface area contributed by atoms with Gasteiger partial charge in [0.25, 0.3) is 5.91 Å². The van der Waals surface area contributed by atoms with Crippen LogP contribution in [0.4, 0.5) is 0 Å². The molecule has 0 aliphatic rings. The normalized spacial score (nSPS) is 11.8. The van der Waals surface area contributed by atoms with Crippen LogP contribution in [0.3, 0.4) is 0 Å². The number of methoxy groups -OCH3 is 1. The Morgan fingerprint density at radius 3 is 2.50 bits per heavy atom. The molecule has 0 spiro atoms. The summed E-state index contributed by atoms with van der Waals surface area (Å²) in [6.07, 6.45) is -0.124. The highest BCUT2D eigenvalue weighted by Gasteiger charge is 2.24. The molecule has 0 fully saturated rings. The molecule has 110 valence electrons. The minimum atomic E-state index is -1.21. The van der Waals surface area contributed by atoms with Gasteiger partial charge in [-0.05, 0) is 20.3 Å². The number of esters is 1. The Balaban J connectivity index is 2.73. The highest BCUT2D eigenvalue weighted by atomic mass is 16.5. The monoisotopic (exact) mass is 283 g/mol. The zero-order valence-corrected chi connectivity index (χ0v) is 11.5. The molecule has 8 nitrogen and oxygen atoms in total. The van der Waals surface area contributed by atoms with Crippen LogP contribution in [0.1, 0.15) is 34.6 Å². The molecule has 1 heterocycles. The maximum absolute atomic E-state index is 12.0. The van der Waals surface area contributed by atoms with Gasteiger partial charge in [-0.1, -0.05) is 0 Å². The largest absolute Gasteiger partial charge is 0.480 e. The quantitative estimate of drug-likeness (QED) is 0.639. The van der Waals surface area contributed by atoms with Gasteiger partial charge >= 0.3 is 11.9 Å². The molecule has 1 amide bonds. The third-order valence-electron chi connectivity index (χ3n) is 2.82. The van der Waals surface area contributed by atoms with Gasteiger partial charge in [0.15, 0.2) is 0 Å². The van der Waals surface area contributed by atoms with Gasteiger partial charge in [0, 0.05) is 12.1 Å². The van der Waals surface area contributed by atoms with Gasteiger partial charge in [0.1, 0.15) is 6.04 Å². The summed E-state index contributed by atoms with van der Waals surface area (Å²) in [6, 6.07) is -1.16. The van der Waals surface area contributed by atoms with Crippen LogP contribution in [-0.4, -0.2) is 46.3 Å². The minimum absolute atomic E-state index is 0.0380. The van der Waals surface area contributed by atoms with Crippen molar-refractivity contribution in [2.75, 3.05) is 7.11 Å². The highest BCUT2D eigenvalue weighted by Crippen LogP contribution is 2.10. The molecule has 1 aromatic rings. The molecule has 1 rings (SSSR count). The number of aliphatic carboxylic acids is 1. The second kappa shape index (κ2) is 6.69. The number of ether oxygens (including phenoxy) is 1. The standard InChI is InChI=1S/C12H17N3O5/c1-6-10(7(2)15-14-6)11(17)13-8(12(18)19)4-5-9(16)20-3/h8H,4-5H2,1-3H3,(H,13,17)(H,14,15)(H,18,19)/t8-/m1/s1. The van der Waals surface area contributed by atoms with Crippen molar-refractivity contribution in [2.45, 2.75) is 32.7 Å². The number of carbonyl (C=O) groups is 3. The van der Waals surface area contributed by atoms with Gasteiger partial charge in [-0.25, -0.2) is 4.79 Å². The topological polar surface area (TPSA) is 121 Å². The third kappa shape index (κ3) is 3.81. The van der Waals surface area contributed by atoms with Crippen molar-refractivity contribution >= 4 is 17.8 Å². The average Bonchev–Trinajstić information content (AvgIpc) is 2.73. The van der Waals surface area contributed by atoms with E-state index >= 15 is 0 Å². The van der Waals surface area contributed by atoms with E-state index in [4.69, 9.17) is 5.11 Å². The molecule has 3 N–H and O–H groups in total. The average molecular weight is 283 g/mol. The number of H-pyrrole nitrogens is 1. The first-order valence-corrected chi connectivity index (χ1v) is 5.98. The number of amides is 1. The van der Waals surface area contributed by atoms with E-state index in [1.54, 1.807) is 13.8 Å². The summed E-state index contributed by atoms with van der Waals surface area (Å²) < 4.78 is 4.44. The van der Waals surface area contributed by atoms with Gasteiger partial charge < -0.3 is 15.2 Å². The maximum atomic E-state index is 12.0. The molecule has 0 radical (unpaired) electrons. The van der Waals surface area contributed by atoms with E-state index in [-0.39, 0.29) is 12.8 Å². The van der Waals surface area contributed by atoms with Crippen LogP contribution < -0.4 is 5.32 Å². The molecule has 20 heavy (non-hydrogen) atoms. The number of aromatic nitrogens is 2. The molecule has 1 aromatic heterocycles. The van der Waals surface area contributed by atoms with Gasteiger partial charge in [-0.3, -0.25) is 14.7 Å². The number of nitrogens with zero attached hydrogens (tertiary/aromatic N) is 1. The lowest BCUT2D eigenvalue weighted by molar-refractivity contribution is -0.142. The van der Waals surface area contributed by atoms with Crippen LogP contribution in [0.5, 0.6) is 0 Å². The smallest absolute Gasteiger partial charge is 0.326 e. The van der Waals surface area contributed by atoms with Crippen LogP contribution >= 0.6 is 0 Å². The molecule has 8 heteroatoms. The van der Waals surface area contributed by atoms with E-state index in [0.29, 0.717) is 17.0 Å². The molecule has 0 aliphatic carbocycles. The Morgan fingerprint density at radius 2 is 2.05 bits per heavy atom. The predicted molar refractivity (Wildman–Crippen MR) is 68.2 cm³/mol. The van der Waals surface area contributed by atoms with Crippen LogP contribution in [-0.2, 0) is 14.3 Å². The molecule has 0 saturated heterocycles. The first-order chi connectivity index (χ1) is 9.36. The second-order valence-corrected chi connectivity index (χ2v) is 4.29. The fourth-order valence-electron chi connectivity index (χ4n) is 1.74. The Hall–Kier alpha value is -2.38. The van der Waals surface area contributed by atoms with Crippen molar-refractivity contribution in [1.29, 1.82) is 0 Å². The Bertz CT molecular complexity index is 504. The van der Waals surface area contributed by atoms with Crippen LogP contribution in [0.15, 0.2) is 0 Å². The summed E-state index contributed by atoms with van der Waals surface area (Å²) in [5.74, 6) is -2.27. The van der Waals surface area contributed by atoms with Crippen LogP contribution in [0, 0.1) is 13.8 Å². The van der Waals surface area contributed by atoms with Crippen molar-refractivity contribution < 1.29 is 24.2 Å². The Morgan fingerprint density at radius 1 is 1.40 bits per heavy atom. The molecular formula is C12H17N3O5. The number of carboxylic acids is 1. The van der Waals surface area contributed by atoms with Gasteiger partial charge in [0.05, 0.1) is 18.4 Å². The van der Waals surface area contributed by atoms with E-state index in [9.17, 15) is 14.4 Å².